The SMILES string of the molecule is COCC(C)OC(=O)C(F)(F)F. The van der Waals surface area contributed by atoms with Gasteiger partial charge in [-0.3, -0.25) is 0 Å². The minimum atomic E-state index is -4.93. The summed E-state index contributed by atoms with van der Waals surface area (Å²) in [5.41, 5.74) is 0. The Labute approximate surface area is 67.4 Å². The van der Waals surface area contributed by atoms with E-state index in [1.807, 2.05) is 0 Å². The maximum atomic E-state index is 11.5. The van der Waals surface area contributed by atoms with Crippen molar-refractivity contribution >= 4 is 5.97 Å². The maximum absolute atomic E-state index is 11.5. The summed E-state index contributed by atoms with van der Waals surface area (Å²) >= 11 is 0. The topological polar surface area (TPSA) is 35.5 Å². The molecular formula is C6H9F3O3. The highest BCUT2D eigenvalue weighted by atomic mass is 19.4. The molecule has 1 atom stereocenters. The molecule has 0 amide bonds. The van der Waals surface area contributed by atoms with E-state index in [1.54, 1.807) is 0 Å². The van der Waals surface area contributed by atoms with E-state index in [2.05, 4.69) is 9.47 Å². The molecule has 72 valence electrons. The van der Waals surface area contributed by atoms with E-state index in [9.17, 15) is 18.0 Å². The Balaban J connectivity index is 3.85. The van der Waals surface area contributed by atoms with Crippen molar-refractivity contribution in [2.24, 2.45) is 0 Å². The molecule has 12 heavy (non-hydrogen) atoms. The predicted octanol–water partition coefficient (Wildman–Crippen LogP) is 1.13. The van der Waals surface area contributed by atoms with Crippen LogP contribution in [0.2, 0.25) is 0 Å². The van der Waals surface area contributed by atoms with Gasteiger partial charge in [-0.2, -0.15) is 13.2 Å². The smallest absolute Gasteiger partial charge is 0.454 e. The molecule has 0 aromatic carbocycles. The largest absolute Gasteiger partial charge is 0.490 e. The van der Waals surface area contributed by atoms with E-state index in [4.69, 9.17) is 0 Å². The van der Waals surface area contributed by atoms with Crippen LogP contribution in [0.3, 0.4) is 0 Å². The number of carbonyl (C=O) groups excluding carboxylic acids is 1. The van der Waals surface area contributed by atoms with Crippen molar-refractivity contribution in [1.82, 2.24) is 0 Å². The summed E-state index contributed by atoms with van der Waals surface area (Å²) < 4.78 is 43.0. The summed E-state index contributed by atoms with van der Waals surface area (Å²) in [5.74, 6) is -2.19. The molecule has 1 unspecified atom stereocenters. The molecule has 6 heteroatoms. The number of ether oxygens (including phenoxy) is 2. The molecule has 0 radical (unpaired) electrons. The monoisotopic (exact) mass is 186 g/mol. The van der Waals surface area contributed by atoms with Crippen molar-refractivity contribution in [3.63, 3.8) is 0 Å². The highest BCUT2D eigenvalue weighted by Gasteiger charge is 2.41. The highest BCUT2D eigenvalue weighted by Crippen LogP contribution is 2.17. The molecule has 0 bridgehead atoms. The van der Waals surface area contributed by atoms with Crippen molar-refractivity contribution < 1.29 is 27.4 Å². The summed E-state index contributed by atoms with van der Waals surface area (Å²) in [7, 11) is 1.30. The molecule has 0 spiro atoms. The van der Waals surface area contributed by atoms with Crippen LogP contribution in [0.4, 0.5) is 13.2 Å². The Morgan fingerprint density at radius 2 is 2.00 bits per heavy atom. The van der Waals surface area contributed by atoms with Crippen LogP contribution < -0.4 is 0 Å². The Morgan fingerprint density at radius 1 is 1.50 bits per heavy atom. The zero-order chi connectivity index (χ0) is 9.78. The fourth-order valence-corrected chi connectivity index (χ4v) is 0.518. The zero-order valence-electron chi connectivity index (χ0n) is 6.64. The fraction of sp³-hybridized carbons (Fsp3) is 0.833. The van der Waals surface area contributed by atoms with Gasteiger partial charge in [-0.15, -0.1) is 0 Å². The molecule has 0 heterocycles. The van der Waals surface area contributed by atoms with Gasteiger partial charge in [-0.05, 0) is 6.92 Å². The number of hydrogen-bond acceptors (Lipinski definition) is 3. The predicted molar refractivity (Wildman–Crippen MR) is 33.5 cm³/mol. The van der Waals surface area contributed by atoms with Crippen molar-refractivity contribution in [1.29, 1.82) is 0 Å². The van der Waals surface area contributed by atoms with Gasteiger partial charge in [0.2, 0.25) is 0 Å². The lowest BCUT2D eigenvalue weighted by molar-refractivity contribution is -0.205. The first-order valence-corrected chi connectivity index (χ1v) is 3.14. The Bertz CT molecular complexity index is 155. The van der Waals surface area contributed by atoms with Crippen molar-refractivity contribution in [3.8, 4) is 0 Å². The summed E-state index contributed by atoms with van der Waals surface area (Å²) in [6.07, 6.45) is -5.81. The summed E-state index contributed by atoms with van der Waals surface area (Å²) in [5, 5.41) is 0. The summed E-state index contributed by atoms with van der Waals surface area (Å²) in [6, 6.07) is 0. The molecule has 0 aromatic rings. The van der Waals surface area contributed by atoms with Crippen molar-refractivity contribution in [2.45, 2.75) is 19.2 Å². The van der Waals surface area contributed by atoms with E-state index in [0.717, 1.165) is 0 Å². The number of alkyl halides is 3. The molecule has 0 N–H and O–H groups in total. The van der Waals surface area contributed by atoms with Crippen LogP contribution in [0.15, 0.2) is 0 Å². The molecule has 0 saturated carbocycles. The van der Waals surface area contributed by atoms with Gasteiger partial charge >= 0.3 is 12.1 Å². The van der Waals surface area contributed by atoms with Crippen LogP contribution in [0, 0.1) is 0 Å². The number of hydrogen-bond donors (Lipinski definition) is 0. The molecule has 0 aliphatic carbocycles. The van der Waals surface area contributed by atoms with E-state index in [-0.39, 0.29) is 6.61 Å². The van der Waals surface area contributed by atoms with Gasteiger partial charge in [0.1, 0.15) is 6.10 Å². The minimum Gasteiger partial charge on any atom is -0.454 e. The number of halogens is 3. The second-order valence-corrected chi connectivity index (χ2v) is 2.17. The molecule has 0 aromatic heterocycles. The number of methoxy groups -OCH3 is 1. The molecule has 3 nitrogen and oxygen atoms in total. The third kappa shape index (κ3) is 4.17. The van der Waals surface area contributed by atoms with Crippen LogP contribution in [0.25, 0.3) is 0 Å². The van der Waals surface area contributed by atoms with Crippen LogP contribution >= 0.6 is 0 Å². The summed E-state index contributed by atoms with van der Waals surface area (Å²) in [4.78, 5) is 10.1. The second-order valence-electron chi connectivity index (χ2n) is 2.17. The van der Waals surface area contributed by atoms with Crippen molar-refractivity contribution in [2.75, 3.05) is 13.7 Å². The highest BCUT2D eigenvalue weighted by molar-refractivity contribution is 5.75. The Kier molecular flexibility index (Phi) is 4.02. The first-order valence-electron chi connectivity index (χ1n) is 3.14. The van der Waals surface area contributed by atoms with Gasteiger partial charge in [0.05, 0.1) is 6.61 Å². The Hall–Kier alpha value is -0.780. The fourth-order valence-electron chi connectivity index (χ4n) is 0.518. The standard InChI is InChI=1S/C6H9F3O3/c1-4(3-11-2)12-5(10)6(7,8)9/h4H,3H2,1-2H3. The summed E-state index contributed by atoms with van der Waals surface area (Å²) in [6.45, 7) is 1.26. The van der Waals surface area contributed by atoms with E-state index >= 15 is 0 Å². The van der Waals surface area contributed by atoms with Crippen LogP contribution in [0.1, 0.15) is 6.92 Å². The lowest BCUT2D eigenvalue weighted by atomic mass is 10.4. The lowest BCUT2D eigenvalue weighted by Gasteiger charge is -2.12. The normalized spacial score (nSPS) is 14.1. The first-order chi connectivity index (χ1) is 5.38. The Morgan fingerprint density at radius 3 is 2.33 bits per heavy atom. The zero-order valence-corrected chi connectivity index (χ0v) is 6.64. The van der Waals surface area contributed by atoms with Gasteiger partial charge in [0.25, 0.3) is 0 Å². The number of carbonyl (C=O) groups is 1. The third-order valence-corrected chi connectivity index (χ3v) is 0.941. The van der Waals surface area contributed by atoms with Gasteiger partial charge < -0.3 is 9.47 Å². The molecule has 0 rings (SSSR count). The van der Waals surface area contributed by atoms with Gasteiger partial charge in [-0.25, -0.2) is 4.79 Å². The first kappa shape index (κ1) is 11.2. The van der Waals surface area contributed by atoms with Gasteiger partial charge in [0, 0.05) is 7.11 Å². The minimum absolute atomic E-state index is 0.0537. The third-order valence-electron chi connectivity index (χ3n) is 0.941. The molecule has 0 fully saturated rings. The van der Waals surface area contributed by atoms with Gasteiger partial charge in [-0.1, -0.05) is 0 Å². The van der Waals surface area contributed by atoms with Gasteiger partial charge in [0.15, 0.2) is 0 Å². The number of esters is 1. The molecule has 0 saturated heterocycles. The second kappa shape index (κ2) is 4.30. The number of rotatable bonds is 3. The quantitative estimate of drug-likeness (QED) is 0.619. The van der Waals surface area contributed by atoms with Crippen molar-refractivity contribution in [3.05, 3.63) is 0 Å². The lowest BCUT2D eigenvalue weighted by Crippen LogP contribution is -2.30. The van der Waals surface area contributed by atoms with E-state index in [0.29, 0.717) is 0 Å². The molecule has 0 aliphatic heterocycles. The average molecular weight is 186 g/mol. The van der Waals surface area contributed by atoms with E-state index < -0.39 is 18.2 Å². The molecular weight excluding hydrogens is 177 g/mol. The van der Waals surface area contributed by atoms with E-state index in [1.165, 1.54) is 14.0 Å². The van der Waals surface area contributed by atoms with Crippen LogP contribution in [-0.2, 0) is 14.3 Å². The van der Waals surface area contributed by atoms with Crippen LogP contribution in [-0.4, -0.2) is 32.0 Å². The maximum Gasteiger partial charge on any atom is 0.490 e. The molecule has 0 aliphatic rings. The van der Waals surface area contributed by atoms with Crippen LogP contribution in [0.5, 0.6) is 0 Å². The average Bonchev–Trinajstić information content (AvgIpc) is 1.85.